The molecule has 0 unspecified atom stereocenters. The van der Waals surface area contributed by atoms with Gasteiger partial charge < -0.3 is 5.11 Å². The van der Waals surface area contributed by atoms with Crippen LogP contribution in [-0.2, 0) is 5.60 Å². The molecule has 0 aliphatic carbocycles. The van der Waals surface area contributed by atoms with E-state index in [0.717, 1.165) is 6.20 Å². The summed E-state index contributed by atoms with van der Waals surface area (Å²) in [5.74, 6) is -2.33. The maximum atomic E-state index is 13.1. The monoisotopic (exact) mass is 251 g/mol. The minimum Gasteiger partial charge on any atom is -0.386 e. The third kappa shape index (κ3) is 2.03. The Morgan fingerprint density at radius 1 is 1.46 bits per heavy atom. The van der Waals surface area contributed by atoms with Gasteiger partial charge >= 0.3 is 0 Å². The normalized spacial score (nSPS) is 11.8. The molecule has 0 radical (unpaired) electrons. The largest absolute Gasteiger partial charge is 0.386 e. The second-order valence-electron chi connectivity index (χ2n) is 3.14. The van der Waals surface area contributed by atoms with Crippen LogP contribution in [0.25, 0.3) is 0 Å². The first-order chi connectivity index (χ1) is 5.84. The van der Waals surface area contributed by atoms with Crippen molar-refractivity contribution in [1.29, 1.82) is 0 Å². The van der Waals surface area contributed by atoms with Crippen LogP contribution in [0.2, 0.25) is 0 Å². The van der Waals surface area contributed by atoms with Crippen molar-refractivity contribution in [2.24, 2.45) is 0 Å². The van der Waals surface area contributed by atoms with Gasteiger partial charge in [0.15, 0.2) is 5.82 Å². The van der Waals surface area contributed by atoms with Crippen LogP contribution in [0.5, 0.6) is 0 Å². The lowest BCUT2D eigenvalue weighted by atomic mass is 9.99. The van der Waals surface area contributed by atoms with Crippen molar-refractivity contribution in [3.05, 3.63) is 28.0 Å². The van der Waals surface area contributed by atoms with Crippen molar-refractivity contribution in [2.75, 3.05) is 0 Å². The van der Waals surface area contributed by atoms with Gasteiger partial charge in [-0.1, -0.05) is 0 Å². The highest BCUT2D eigenvalue weighted by atomic mass is 79.9. The standard InChI is InChI=1S/C8H8BrF2NO/c1-8(2,13)5-4(9)3-12-7(11)6(5)10/h3,13H,1-2H3. The second kappa shape index (κ2) is 3.31. The van der Waals surface area contributed by atoms with E-state index in [1.807, 2.05) is 0 Å². The molecule has 0 bridgehead atoms. The molecule has 5 heteroatoms. The smallest absolute Gasteiger partial charge is 0.249 e. The van der Waals surface area contributed by atoms with Crippen LogP contribution >= 0.6 is 15.9 Å². The lowest BCUT2D eigenvalue weighted by Gasteiger charge is -2.19. The molecule has 1 aromatic rings. The topological polar surface area (TPSA) is 33.1 Å². The predicted molar refractivity (Wildman–Crippen MR) is 47.1 cm³/mol. The van der Waals surface area contributed by atoms with E-state index in [1.54, 1.807) is 0 Å². The Kier molecular flexibility index (Phi) is 2.68. The number of pyridine rings is 1. The quantitative estimate of drug-likeness (QED) is 0.778. The number of halogens is 3. The molecule has 1 aromatic heterocycles. The molecule has 0 saturated heterocycles. The minimum atomic E-state index is -1.44. The Bertz CT molecular complexity index is 336. The Morgan fingerprint density at radius 2 is 2.00 bits per heavy atom. The molecule has 1 rings (SSSR count). The number of nitrogens with zero attached hydrogens (tertiary/aromatic N) is 1. The fourth-order valence-corrected chi connectivity index (χ4v) is 1.76. The first kappa shape index (κ1) is 10.5. The molecule has 72 valence electrons. The first-order valence-corrected chi connectivity index (χ1v) is 4.35. The SMILES string of the molecule is CC(C)(O)c1c(Br)cnc(F)c1F. The predicted octanol–water partition coefficient (Wildman–Crippen LogP) is 2.35. The summed E-state index contributed by atoms with van der Waals surface area (Å²) in [5.41, 5.74) is -1.56. The van der Waals surface area contributed by atoms with Crippen LogP contribution in [0.4, 0.5) is 8.78 Å². The van der Waals surface area contributed by atoms with E-state index in [1.165, 1.54) is 13.8 Å². The van der Waals surface area contributed by atoms with Crippen LogP contribution in [0.1, 0.15) is 19.4 Å². The van der Waals surface area contributed by atoms with E-state index in [2.05, 4.69) is 20.9 Å². The van der Waals surface area contributed by atoms with Crippen molar-refractivity contribution in [3.8, 4) is 0 Å². The fraction of sp³-hybridized carbons (Fsp3) is 0.375. The summed E-state index contributed by atoms with van der Waals surface area (Å²) in [7, 11) is 0. The molecule has 0 spiro atoms. The molecule has 1 N–H and O–H groups in total. The highest BCUT2D eigenvalue weighted by Crippen LogP contribution is 2.30. The second-order valence-corrected chi connectivity index (χ2v) is 4.00. The van der Waals surface area contributed by atoms with E-state index < -0.39 is 17.4 Å². The van der Waals surface area contributed by atoms with Gasteiger partial charge in [0.05, 0.1) is 5.60 Å². The molecule has 0 aromatic carbocycles. The molecular weight excluding hydrogens is 244 g/mol. The van der Waals surface area contributed by atoms with Crippen LogP contribution < -0.4 is 0 Å². The number of hydrogen-bond donors (Lipinski definition) is 1. The van der Waals surface area contributed by atoms with Gasteiger partial charge in [-0.15, -0.1) is 0 Å². The van der Waals surface area contributed by atoms with Crippen molar-refractivity contribution in [1.82, 2.24) is 4.98 Å². The summed E-state index contributed by atoms with van der Waals surface area (Å²) in [6.45, 7) is 2.74. The van der Waals surface area contributed by atoms with Gasteiger partial charge in [0, 0.05) is 16.2 Å². The van der Waals surface area contributed by atoms with E-state index in [-0.39, 0.29) is 10.0 Å². The van der Waals surface area contributed by atoms with Crippen LogP contribution in [0, 0.1) is 11.8 Å². The highest BCUT2D eigenvalue weighted by Gasteiger charge is 2.26. The molecule has 0 fully saturated rings. The van der Waals surface area contributed by atoms with Gasteiger partial charge in [0.1, 0.15) is 0 Å². The minimum absolute atomic E-state index is 0.125. The molecule has 13 heavy (non-hydrogen) atoms. The van der Waals surface area contributed by atoms with Gasteiger partial charge in [0.2, 0.25) is 5.95 Å². The number of aromatic nitrogens is 1. The van der Waals surface area contributed by atoms with Crippen molar-refractivity contribution >= 4 is 15.9 Å². The van der Waals surface area contributed by atoms with E-state index in [9.17, 15) is 13.9 Å². The average Bonchev–Trinajstić information content (AvgIpc) is 1.95. The van der Waals surface area contributed by atoms with Gasteiger partial charge in [-0.2, -0.15) is 4.39 Å². The fourth-order valence-electron chi connectivity index (χ4n) is 1.00. The maximum Gasteiger partial charge on any atom is 0.249 e. The van der Waals surface area contributed by atoms with Crippen molar-refractivity contribution < 1.29 is 13.9 Å². The molecule has 0 saturated carbocycles. The highest BCUT2D eigenvalue weighted by molar-refractivity contribution is 9.10. The summed E-state index contributed by atoms with van der Waals surface area (Å²) in [4.78, 5) is 3.15. The Labute approximate surface area is 82.7 Å². The number of aliphatic hydroxyl groups is 1. The van der Waals surface area contributed by atoms with Gasteiger partial charge in [0.25, 0.3) is 0 Å². The Morgan fingerprint density at radius 3 is 2.38 bits per heavy atom. The van der Waals surface area contributed by atoms with Crippen molar-refractivity contribution in [2.45, 2.75) is 19.4 Å². The molecule has 2 nitrogen and oxygen atoms in total. The van der Waals surface area contributed by atoms with E-state index in [0.29, 0.717) is 0 Å². The molecule has 1 heterocycles. The summed E-state index contributed by atoms with van der Waals surface area (Å²) in [5, 5.41) is 9.51. The summed E-state index contributed by atoms with van der Waals surface area (Å²) in [6.07, 6.45) is 1.12. The third-order valence-electron chi connectivity index (χ3n) is 1.54. The molecule has 0 aliphatic heterocycles. The number of rotatable bonds is 1. The maximum absolute atomic E-state index is 13.1. The van der Waals surface area contributed by atoms with Gasteiger partial charge in [-0.3, -0.25) is 0 Å². The van der Waals surface area contributed by atoms with Gasteiger partial charge in [-0.25, -0.2) is 9.37 Å². The molecule has 0 atom stereocenters. The number of hydrogen-bond acceptors (Lipinski definition) is 2. The lowest BCUT2D eigenvalue weighted by molar-refractivity contribution is 0.0725. The Balaban J connectivity index is 3.43. The summed E-state index contributed by atoms with van der Waals surface area (Å²) < 4.78 is 26.1. The zero-order valence-electron chi connectivity index (χ0n) is 7.11. The van der Waals surface area contributed by atoms with Crippen LogP contribution in [0.3, 0.4) is 0 Å². The van der Waals surface area contributed by atoms with Gasteiger partial charge in [-0.05, 0) is 29.8 Å². The molecule has 0 aliphatic rings. The molecule has 0 amide bonds. The third-order valence-corrected chi connectivity index (χ3v) is 2.14. The summed E-state index contributed by atoms with van der Waals surface area (Å²) in [6, 6.07) is 0. The van der Waals surface area contributed by atoms with E-state index in [4.69, 9.17) is 0 Å². The Hall–Kier alpha value is -0.550. The average molecular weight is 252 g/mol. The zero-order chi connectivity index (χ0) is 10.2. The lowest BCUT2D eigenvalue weighted by Crippen LogP contribution is -2.19. The zero-order valence-corrected chi connectivity index (χ0v) is 8.69. The molecular formula is C8H8BrF2NO. The summed E-state index contributed by atoms with van der Waals surface area (Å²) >= 11 is 2.99. The first-order valence-electron chi connectivity index (χ1n) is 3.56. The van der Waals surface area contributed by atoms with Crippen molar-refractivity contribution in [3.63, 3.8) is 0 Å². The van der Waals surface area contributed by atoms with E-state index >= 15 is 0 Å². The van der Waals surface area contributed by atoms with Crippen LogP contribution in [-0.4, -0.2) is 10.1 Å². The van der Waals surface area contributed by atoms with Crippen LogP contribution in [0.15, 0.2) is 10.7 Å².